The van der Waals surface area contributed by atoms with Crippen molar-refractivity contribution in [3.8, 4) is 0 Å². The molecule has 0 aliphatic rings. The molecule has 0 atom stereocenters. The van der Waals surface area contributed by atoms with E-state index in [1.807, 2.05) is 0 Å². The molecular formula is C10H17N2O3P. The second kappa shape index (κ2) is 6.11. The van der Waals surface area contributed by atoms with Crippen molar-refractivity contribution in [3.05, 3.63) is 24.0 Å². The predicted molar refractivity (Wildman–Crippen MR) is 62.6 cm³/mol. The molecular weight excluding hydrogens is 227 g/mol. The lowest BCUT2D eigenvalue weighted by Gasteiger charge is -2.18. The van der Waals surface area contributed by atoms with Gasteiger partial charge in [-0.2, -0.15) is 0 Å². The summed E-state index contributed by atoms with van der Waals surface area (Å²) in [5.74, 6) is 0. The van der Waals surface area contributed by atoms with Crippen molar-refractivity contribution in [2.75, 3.05) is 13.2 Å². The first kappa shape index (κ1) is 13.3. The highest BCUT2D eigenvalue weighted by Crippen LogP contribution is 2.47. The summed E-state index contributed by atoms with van der Waals surface area (Å²) in [7, 11) is -3.27. The van der Waals surface area contributed by atoms with E-state index in [0.29, 0.717) is 24.2 Å². The maximum atomic E-state index is 12.5. The van der Waals surface area contributed by atoms with Gasteiger partial charge >= 0.3 is 7.60 Å². The summed E-state index contributed by atoms with van der Waals surface area (Å²) in [5.41, 5.74) is 6.09. The minimum absolute atomic E-state index is 0.209. The molecule has 0 fully saturated rings. The molecule has 0 amide bonds. The number of hydrogen-bond donors (Lipinski definition) is 1. The first-order valence-electron chi connectivity index (χ1n) is 5.21. The maximum absolute atomic E-state index is 12.5. The van der Waals surface area contributed by atoms with Gasteiger partial charge in [0.05, 0.1) is 24.2 Å². The van der Waals surface area contributed by atoms with Crippen molar-refractivity contribution in [1.82, 2.24) is 4.98 Å². The largest absolute Gasteiger partial charge is 0.363 e. The smallest absolute Gasteiger partial charge is 0.325 e. The molecule has 0 bridgehead atoms. The average molecular weight is 244 g/mol. The third-order valence-electron chi connectivity index (χ3n) is 1.95. The van der Waals surface area contributed by atoms with E-state index >= 15 is 0 Å². The predicted octanol–water partition coefficient (Wildman–Crippen LogP) is 1.43. The van der Waals surface area contributed by atoms with Crippen LogP contribution in [-0.4, -0.2) is 18.2 Å². The Bertz CT molecular complexity index is 374. The number of aromatic nitrogens is 1. The number of pyridine rings is 1. The van der Waals surface area contributed by atoms with Crippen LogP contribution in [0, 0.1) is 0 Å². The van der Waals surface area contributed by atoms with E-state index in [0.717, 1.165) is 0 Å². The van der Waals surface area contributed by atoms with Gasteiger partial charge in [0.15, 0.2) is 0 Å². The summed E-state index contributed by atoms with van der Waals surface area (Å²) in [6.45, 7) is 4.38. The molecule has 1 heterocycles. The third-order valence-corrected chi connectivity index (χ3v) is 4.15. The Morgan fingerprint density at radius 2 is 2.00 bits per heavy atom. The standard InChI is InChI=1S/C10H17N2O3P/c1-3-14-16(13,15-4-2)10-6-5-7-12-9(10)8-11/h5-7H,3-4,8,11H2,1-2H3. The van der Waals surface area contributed by atoms with E-state index in [1.165, 1.54) is 0 Å². The van der Waals surface area contributed by atoms with Crippen LogP contribution in [0.4, 0.5) is 0 Å². The van der Waals surface area contributed by atoms with E-state index in [1.54, 1.807) is 32.2 Å². The highest BCUT2D eigenvalue weighted by molar-refractivity contribution is 7.62. The van der Waals surface area contributed by atoms with Gasteiger partial charge < -0.3 is 14.8 Å². The molecule has 0 unspecified atom stereocenters. The van der Waals surface area contributed by atoms with Crippen LogP contribution in [0.1, 0.15) is 19.5 Å². The molecule has 1 rings (SSSR count). The molecule has 1 aromatic heterocycles. The van der Waals surface area contributed by atoms with Crippen molar-refractivity contribution in [2.24, 2.45) is 5.73 Å². The number of nitrogens with zero attached hydrogens (tertiary/aromatic N) is 1. The van der Waals surface area contributed by atoms with Crippen LogP contribution in [-0.2, 0) is 20.2 Å². The molecule has 0 aromatic carbocycles. The lowest BCUT2D eigenvalue weighted by Crippen LogP contribution is -2.19. The zero-order chi connectivity index (χ0) is 12.0. The number of rotatable bonds is 6. The first-order chi connectivity index (χ1) is 7.68. The van der Waals surface area contributed by atoms with Gasteiger partial charge in [-0.05, 0) is 26.0 Å². The van der Waals surface area contributed by atoms with Gasteiger partial charge in [0.2, 0.25) is 0 Å². The minimum atomic E-state index is -3.27. The van der Waals surface area contributed by atoms with Gasteiger partial charge in [0.1, 0.15) is 0 Å². The van der Waals surface area contributed by atoms with Crippen LogP contribution in [0.5, 0.6) is 0 Å². The summed E-state index contributed by atoms with van der Waals surface area (Å²) >= 11 is 0. The zero-order valence-electron chi connectivity index (χ0n) is 9.55. The van der Waals surface area contributed by atoms with Crippen LogP contribution in [0.2, 0.25) is 0 Å². The van der Waals surface area contributed by atoms with E-state index in [4.69, 9.17) is 14.8 Å². The monoisotopic (exact) mass is 244 g/mol. The minimum Gasteiger partial charge on any atom is -0.325 e. The average Bonchev–Trinajstić information content (AvgIpc) is 2.29. The van der Waals surface area contributed by atoms with Gasteiger partial charge in [-0.1, -0.05) is 0 Å². The third kappa shape index (κ3) is 2.89. The van der Waals surface area contributed by atoms with E-state index in [2.05, 4.69) is 4.98 Å². The van der Waals surface area contributed by atoms with Crippen molar-refractivity contribution in [2.45, 2.75) is 20.4 Å². The van der Waals surface area contributed by atoms with Crippen molar-refractivity contribution < 1.29 is 13.6 Å². The summed E-state index contributed by atoms with van der Waals surface area (Å²) in [6.07, 6.45) is 1.61. The first-order valence-corrected chi connectivity index (χ1v) is 6.75. The molecule has 0 saturated heterocycles. The van der Waals surface area contributed by atoms with E-state index in [-0.39, 0.29) is 6.54 Å². The van der Waals surface area contributed by atoms with Crippen LogP contribution in [0.25, 0.3) is 0 Å². The molecule has 16 heavy (non-hydrogen) atoms. The second-order valence-corrected chi connectivity index (χ2v) is 5.00. The lowest BCUT2D eigenvalue weighted by atomic mass is 10.3. The van der Waals surface area contributed by atoms with Crippen LogP contribution in [0.15, 0.2) is 18.3 Å². The molecule has 0 aliphatic heterocycles. The highest BCUT2D eigenvalue weighted by Gasteiger charge is 2.29. The molecule has 0 radical (unpaired) electrons. The molecule has 6 heteroatoms. The summed E-state index contributed by atoms with van der Waals surface area (Å²) in [5, 5.41) is 0.459. The van der Waals surface area contributed by atoms with Gasteiger partial charge in [0, 0.05) is 12.7 Å². The normalized spacial score (nSPS) is 11.7. The molecule has 1 aromatic rings. The van der Waals surface area contributed by atoms with Gasteiger partial charge in [0.25, 0.3) is 0 Å². The summed E-state index contributed by atoms with van der Waals surface area (Å²) in [6, 6.07) is 3.38. The molecule has 2 N–H and O–H groups in total. The van der Waals surface area contributed by atoms with Gasteiger partial charge in [-0.15, -0.1) is 0 Å². The topological polar surface area (TPSA) is 74.4 Å². The van der Waals surface area contributed by atoms with Crippen molar-refractivity contribution in [3.63, 3.8) is 0 Å². The molecule has 0 saturated carbocycles. The Hall–Kier alpha value is -0.740. The SMILES string of the molecule is CCOP(=O)(OCC)c1cccnc1CN. The fraction of sp³-hybridized carbons (Fsp3) is 0.500. The highest BCUT2D eigenvalue weighted by atomic mass is 31.2. The Morgan fingerprint density at radius 1 is 1.38 bits per heavy atom. The quantitative estimate of drug-likeness (QED) is 0.766. The molecule has 0 aliphatic carbocycles. The summed E-state index contributed by atoms with van der Waals surface area (Å²) < 4.78 is 22.9. The van der Waals surface area contributed by atoms with Crippen LogP contribution >= 0.6 is 7.60 Å². The number of nitrogens with two attached hydrogens (primary N) is 1. The van der Waals surface area contributed by atoms with E-state index < -0.39 is 7.60 Å². The maximum Gasteiger partial charge on any atom is 0.363 e. The lowest BCUT2D eigenvalue weighted by molar-refractivity contribution is 0.229. The van der Waals surface area contributed by atoms with Gasteiger partial charge in [-0.25, -0.2) is 0 Å². The molecule has 0 spiro atoms. The zero-order valence-corrected chi connectivity index (χ0v) is 10.4. The fourth-order valence-corrected chi connectivity index (χ4v) is 3.12. The van der Waals surface area contributed by atoms with Crippen molar-refractivity contribution >= 4 is 12.9 Å². The second-order valence-electron chi connectivity index (χ2n) is 3.01. The fourth-order valence-electron chi connectivity index (χ4n) is 1.35. The Morgan fingerprint density at radius 3 is 2.50 bits per heavy atom. The van der Waals surface area contributed by atoms with Crippen LogP contribution < -0.4 is 11.0 Å². The number of hydrogen-bond acceptors (Lipinski definition) is 5. The molecule has 5 nitrogen and oxygen atoms in total. The Kier molecular flexibility index (Phi) is 5.09. The van der Waals surface area contributed by atoms with E-state index in [9.17, 15) is 4.57 Å². The Labute approximate surface area is 95.5 Å². The van der Waals surface area contributed by atoms with Gasteiger partial charge in [-0.3, -0.25) is 9.55 Å². The van der Waals surface area contributed by atoms with Crippen molar-refractivity contribution in [1.29, 1.82) is 0 Å². The Balaban J connectivity index is 3.15. The van der Waals surface area contributed by atoms with Crippen LogP contribution in [0.3, 0.4) is 0 Å². The molecule has 90 valence electrons. The summed E-state index contributed by atoms with van der Waals surface area (Å²) in [4.78, 5) is 4.07.